The highest BCUT2D eigenvalue weighted by Gasteiger charge is 2.34. The summed E-state index contributed by atoms with van der Waals surface area (Å²) < 4.78 is 7.63. The third kappa shape index (κ3) is 5.14. The lowest BCUT2D eigenvalue weighted by Crippen LogP contribution is -2.55. The van der Waals surface area contributed by atoms with Gasteiger partial charge in [0.2, 0.25) is 5.91 Å². The molecule has 1 aliphatic heterocycles. The molecular weight excluding hydrogens is 342 g/mol. The Labute approximate surface area is 160 Å². The molecule has 1 saturated heterocycles. The van der Waals surface area contributed by atoms with E-state index in [1.807, 2.05) is 23.0 Å². The van der Waals surface area contributed by atoms with E-state index in [0.29, 0.717) is 12.2 Å². The van der Waals surface area contributed by atoms with Gasteiger partial charge in [0, 0.05) is 31.7 Å². The number of pyridine rings is 1. The zero-order valence-electron chi connectivity index (χ0n) is 16.5. The maximum Gasteiger partial charge on any atom is 0.242 e. The smallest absolute Gasteiger partial charge is 0.242 e. The van der Waals surface area contributed by atoms with Crippen LogP contribution in [0.1, 0.15) is 33.3 Å². The molecule has 0 bridgehead atoms. The molecule has 1 amide bonds. The summed E-state index contributed by atoms with van der Waals surface area (Å²) in [5, 5.41) is 7.39. The number of nitrogens with one attached hydrogen (secondary N) is 1. The van der Waals surface area contributed by atoms with Crippen molar-refractivity contribution in [3.8, 4) is 0 Å². The lowest BCUT2D eigenvalue weighted by atomic mass is 9.99. The molecule has 3 rings (SSSR count). The van der Waals surface area contributed by atoms with E-state index in [9.17, 15) is 4.79 Å². The van der Waals surface area contributed by atoms with Gasteiger partial charge in [0.15, 0.2) is 0 Å². The first-order valence-electron chi connectivity index (χ1n) is 9.54. The number of hydrogen-bond acceptors (Lipinski definition) is 5. The average molecular weight is 371 g/mol. The Morgan fingerprint density at radius 2 is 1.93 bits per heavy atom. The minimum absolute atomic E-state index is 0.00904. The van der Waals surface area contributed by atoms with Gasteiger partial charge in [-0.1, -0.05) is 13.8 Å². The number of rotatable bonds is 6. The second kappa shape index (κ2) is 8.63. The van der Waals surface area contributed by atoms with Crippen LogP contribution in [0.5, 0.6) is 0 Å². The Hall–Kier alpha value is -2.25. The molecule has 1 N–H and O–H groups in total. The monoisotopic (exact) mass is 371 g/mol. The van der Waals surface area contributed by atoms with Crippen LogP contribution in [0.2, 0.25) is 0 Å². The van der Waals surface area contributed by atoms with Crippen molar-refractivity contribution in [2.24, 2.45) is 5.92 Å². The van der Waals surface area contributed by atoms with E-state index >= 15 is 0 Å². The first kappa shape index (κ1) is 19.5. The summed E-state index contributed by atoms with van der Waals surface area (Å²) in [4.78, 5) is 19.3. The Bertz CT molecular complexity index is 736. The van der Waals surface area contributed by atoms with Crippen LogP contribution in [0.25, 0.3) is 0 Å². The molecule has 27 heavy (non-hydrogen) atoms. The second-order valence-corrected chi connectivity index (χ2v) is 7.67. The number of amides is 1. The van der Waals surface area contributed by atoms with Crippen molar-refractivity contribution in [2.45, 2.75) is 52.5 Å². The molecule has 0 aromatic carbocycles. The summed E-state index contributed by atoms with van der Waals surface area (Å²) in [6, 6.07) is 3.72. The van der Waals surface area contributed by atoms with E-state index < -0.39 is 0 Å². The lowest BCUT2D eigenvalue weighted by Gasteiger charge is -2.40. The zero-order valence-corrected chi connectivity index (χ0v) is 16.5. The Kier molecular flexibility index (Phi) is 6.23. The summed E-state index contributed by atoms with van der Waals surface area (Å²) in [6.07, 6.45) is 7.34. The van der Waals surface area contributed by atoms with Crippen LogP contribution < -0.4 is 5.32 Å². The minimum atomic E-state index is -0.192. The summed E-state index contributed by atoms with van der Waals surface area (Å²) in [7, 11) is 0. The van der Waals surface area contributed by atoms with Gasteiger partial charge >= 0.3 is 0 Å². The van der Waals surface area contributed by atoms with Crippen molar-refractivity contribution in [1.29, 1.82) is 0 Å². The van der Waals surface area contributed by atoms with Crippen molar-refractivity contribution in [2.75, 3.05) is 18.4 Å². The molecule has 2 aromatic heterocycles. The van der Waals surface area contributed by atoms with E-state index in [-0.39, 0.29) is 30.1 Å². The molecule has 0 spiro atoms. The fraction of sp³-hybridized carbons (Fsp3) is 0.550. The van der Waals surface area contributed by atoms with Crippen molar-refractivity contribution in [3.05, 3.63) is 42.5 Å². The van der Waals surface area contributed by atoms with Crippen LogP contribution in [0, 0.1) is 5.92 Å². The van der Waals surface area contributed by atoms with Crippen molar-refractivity contribution < 1.29 is 9.53 Å². The van der Waals surface area contributed by atoms with Gasteiger partial charge in [0.1, 0.15) is 0 Å². The van der Waals surface area contributed by atoms with Crippen molar-refractivity contribution in [1.82, 2.24) is 19.7 Å². The van der Waals surface area contributed by atoms with E-state index in [2.05, 4.69) is 48.0 Å². The molecule has 3 atom stereocenters. The minimum Gasteiger partial charge on any atom is -0.373 e. The Morgan fingerprint density at radius 3 is 2.56 bits per heavy atom. The average Bonchev–Trinajstić information content (AvgIpc) is 3.01. The molecule has 7 nitrogen and oxygen atoms in total. The molecule has 0 aliphatic carbocycles. The van der Waals surface area contributed by atoms with Crippen LogP contribution in [0.15, 0.2) is 36.9 Å². The number of carbonyl (C=O) groups excluding carboxylic acids is 1. The summed E-state index contributed by atoms with van der Waals surface area (Å²) in [5.41, 5.74) is 1.83. The molecular formula is C20H29N5O2. The van der Waals surface area contributed by atoms with Gasteiger partial charge in [-0.25, -0.2) is 0 Å². The first-order valence-corrected chi connectivity index (χ1v) is 9.54. The van der Waals surface area contributed by atoms with Crippen LogP contribution in [0.3, 0.4) is 0 Å². The fourth-order valence-corrected chi connectivity index (χ4v) is 3.74. The van der Waals surface area contributed by atoms with Gasteiger partial charge in [-0.05, 0) is 37.5 Å². The molecule has 1 aliphatic rings. The largest absolute Gasteiger partial charge is 0.373 e. The van der Waals surface area contributed by atoms with Crippen LogP contribution in [0.4, 0.5) is 5.69 Å². The number of aromatic nitrogens is 3. The zero-order chi connectivity index (χ0) is 19.4. The van der Waals surface area contributed by atoms with Gasteiger partial charge in [-0.2, -0.15) is 5.10 Å². The van der Waals surface area contributed by atoms with Crippen LogP contribution in [-0.4, -0.2) is 56.9 Å². The van der Waals surface area contributed by atoms with E-state index in [4.69, 9.17) is 4.74 Å². The van der Waals surface area contributed by atoms with E-state index in [1.54, 1.807) is 18.6 Å². The predicted molar refractivity (Wildman–Crippen MR) is 104 cm³/mol. The van der Waals surface area contributed by atoms with Gasteiger partial charge < -0.3 is 10.1 Å². The number of ether oxygens (including phenoxy) is 1. The normalized spacial score (nSPS) is 22.0. The van der Waals surface area contributed by atoms with E-state index in [1.165, 1.54) is 0 Å². The van der Waals surface area contributed by atoms with Crippen molar-refractivity contribution in [3.63, 3.8) is 0 Å². The molecule has 7 heteroatoms. The SMILES string of the molecule is CC(C)[C@H](C(=O)Nc1cnn(Cc2ccncc2)c1)N1C[C@@H](C)O[C@H](C)C1. The predicted octanol–water partition coefficient (Wildman–Crippen LogP) is 2.40. The van der Waals surface area contributed by atoms with Crippen LogP contribution in [-0.2, 0) is 16.1 Å². The van der Waals surface area contributed by atoms with Gasteiger partial charge in [0.25, 0.3) is 0 Å². The quantitative estimate of drug-likeness (QED) is 0.844. The Morgan fingerprint density at radius 1 is 1.26 bits per heavy atom. The van der Waals surface area contributed by atoms with Gasteiger partial charge in [-0.15, -0.1) is 0 Å². The van der Waals surface area contributed by atoms with Gasteiger partial charge in [0.05, 0.1) is 36.7 Å². The fourth-order valence-electron chi connectivity index (χ4n) is 3.74. The molecule has 0 unspecified atom stereocenters. The number of nitrogens with zero attached hydrogens (tertiary/aromatic N) is 4. The third-order valence-corrected chi connectivity index (χ3v) is 4.74. The maximum absolute atomic E-state index is 13.0. The molecule has 1 fully saturated rings. The first-order chi connectivity index (χ1) is 12.9. The third-order valence-electron chi connectivity index (χ3n) is 4.74. The van der Waals surface area contributed by atoms with Gasteiger partial charge in [-0.3, -0.25) is 19.4 Å². The highest BCUT2D eigenvalue weighted by molar-refractivity contribution is 5.94. The number of carbonyl (C=O) groups is 1. The topological polar surface area (TPSA) is 72.3 Å². The molecule has 0 radical (unpaired) electrons. The van der Waals surface area contributed by atoms with E-state index in [0.717, 1.165) is 18.7 Å². The maximum atomic E-state index is 13.0. The standard InChI is InChI=1S/C20H29N5O2/c1-14(2)19(24-10-15(3)27-16(4)11-24)20(26)23-18-9-22-25(13-18)12-17-5-7-21-8-6-17/h5-9,13-16,19H,10-12H2,1-4H3,(H,23,26)/t15-,16-,19-/m1/s1. The molecule has 2 aromatic rings. The Balaban J connectivity index is 1.65. The second-order valence-electron chi connectivity index (χ2n) is 7.67. The number of anilines is 1. The number of hydrogen-bond donors (Lipinski definition) is 1. The number of morpholine rings is 1. The summed E-state index contributed by atoms with van der Waals surface area (Å²) in [5.74, 6) is 0.212. The summed E-state index contributed by atoms with van der Waals surface area (Å²) >= 11 is 0. The molecule has 146 valence electrons. The summed E-state index contributed by atoms with van der Waals surface area (Å²) in [6.45, 7) is 10.5. The van der Waals surface area contributed by atoms with Crippen LogP contribution >= 0.6 is 0 Å². The molecule has 0 saturated carbocycles. The molecule has 3 heterocycles. The highest BCUT2D eigenvalue weighted by atomic mass is 16.5. The highest BCUT2D eigenvalue weighted by Crippen LogP contribution is 2.20. The lowest BCUT2D eigenvalue weighted by molar-refractivity contribution is -0.130. The van der Waals surface area contributed by atoms with Crippen molar-refractivity contribution >= 4 is 11.6 Å².